The third-order valence-corrected chi connectivity index (χ3v) is 7.12. The molecule has 0 radical (unpaired) electrons. The molecule has 0 aliphatic heterocycles. The van der Waals surface area contributed by atoms with Crippen LogP contribution in [-0.2, 0) is 16.6 Å². The number of carbonyl (C=O) groups is 1. The van der Waals surface area contributed by atoms with Crippen LogP contribution in [0.25, 0.3) is 5.69 Å². The monoisotopic (exact) mass is 474 g/mol. The average Bonchev–Trinajstić information content (AvgIpc) is 3.12. The van der Waals surface area contributed by atoms with E-state index in [9.17, 15) is 13.2 Å². The van der Waals surface area contributed by atoms with Gasteiger partial charge in [0.25, 0.3) is 5.91 Å². The summed E-state index contributed by atoms with van der Waals surface area (Å²) in [4.78, 5) is 13.1. The molecule has 1 aromatic heterocycles. The molecule has 34 heavy (non-hydrogen) atoms. The third-order valence-electron chi connectivity index (χ3n) is 5.58. The summed E-state index contributed by atoms with van der Waals surface area (Å²) < 4.78 is 30.3. The summed E-state index contributed by atoms with van der Waals surface area (Å²) in [6.07, 6.45) is 0. The molecule has 0 fully saturated rings. The van der Waals surface area contributed by atoms with Crippen LogP contribution in [0.15, 0.2) is 83.8 Å². The van der Waals surface area contributed by atoms with Gasteiger partial charge in [-0.05, 0) is 56.2 Å². The lowest BCUT2D eigenvalue weighted by Gasteiger charge is -2.12. The van der Waals surface area contributed by atoms with E-state index in [1.165, 1.54) is 6.07 Å². The first-order valence-corrected chi connectivity index (χ1v) is 12.3. The number of para-hydroxylation sites is 1. The molecular weight excluding hydrogens is 448 g/mol. The molecular formula is C26H26N4O3S. The topological polar surface area (TPSA) is 93.1 Å². The van der Waals surface area contributed by atoms with E-state index >= 15 is 0 Å². The summed E-state index contributed by atoms with van der Waals surface area (Å²) in [5.41, 5.74) is 4.58. The number of amides is 1. The largest absolute Gasteiger partial charge is 0.319 e. The van der Waals surface area contributed by atoms with E-state index < -0.39 is 15.9 Å². The number of benzene rings is 3. The minimum atomic E-state index is -3.81. The van der Waals surface area contributed by atoms with Gasteiger partial charge in [0.1, 0.15) is 0 Å². The van der Waals surface area contributed by atoms with E-state index in [0.717, 1.165) is 16.9 Å². The van der Waals surface area contributed by atoms with Crippen molar-refractivity contribution < 1.29 is 13.2 Å². The number of aryl methyl sites for hydroxylation is 2. The zero-order chi connectivity index (χ0) is 24.3. The fourth-order valence-corrected chi connectivity index (χ4v) is 5.00. The molecule has 174 valence electrons. The lowest BCUT2D eigenvalue weighted by molar-refractivity contribution is 0.102. The zero-order valence-electron chi connectivity index (χ0n) is 19.2. The Balaban J connectivity index is 1.57. The Hall–Kier alpha value is -3.75. The Kier molecular flexibility index (Phi) is 6.63. The SMILES string of the molecule is Cc1ccc(C(=O)Nc2c(C)nn(-c3ccccc3)c2C)cc1S(=O)(=O)NCc1ccccc1. The number of nitrogens with zero attached hydrogens (tertiary/aromatic N) is 2. The normalized spacial score (nSPS) is 11.4. The van der Waals surface area contributed by atoms with Crippen molar-refractivity contribution in [3.63, 3.8) is 0 Å². The molecule has 0 saturated heterocycles. The van der Waals surface area contributed by atoms with Gasteiger partial charge in [0.15, 0.2) is 0 Å². The zero-order valence-corrected chi connectivity index (χ0v) is 20.1. The van der Waals surface area contributed by atoms with Crippen LogP contribution in [0.4, 0.5) is 5.69 Å². The summed E-state index contributed by atoms with van der Waals surface area (Å²) in [5, 5.41) is 7.45. The predicted molar refractivity (Wildman–Crippen MR) is 133 cm³/mol. The molecule has 0 bridgehead atoms. The molecule has 8 heteroatoms. The number of aromatic nitrogens is 2. The van der Waals surface area contributed by atoms with Gasteiger partial charge in [-0.3, -0.25) is 4.79 Å². The first-order chi connectivity index (χ1) is 16.3. The van der Waals surface area contributed by atoms with E-state index in [1.54, 1.807) is 23.7 Å². The molecule has 3 aromatic carbocycles. The second kappa shape index (κ2) is 9.62. The number of sulfonamides is 1. The van der Waals surface area contributed by atoms with Gasteiger partial charge in [-0.25, -0.2) is 17.8 Å². The fraction of sp³-hybridized carbons (Fsp3) is 0.154. The quantitative estimate of drug-likeness (QED) is 0.412. The number of carbonyl (C=O) groups excluding carboxylic acids is 1. The van der Waals surface area contributed by atoms with Crippen molar-refractivity contribution in [3.8, 4) is 5.69 Å². The van der Waals surface area contributed by atoms with E-state index in [1.807, 2.05) is 74.5 Å². The highest BCUT2D eigenvalue weighted by Crippen LogP contribution is 2.24. The van der Waals surface area contributed by atoms with Crippen LogP contribution in [0, 0.1) is 20.8 Å². The number of nitrogens with one attached hydrogen (secondary N) is 2. The molecule has 0 atom stereocenters. The van der Waals surface area contributed by atoms with Crippen LogP contribution in [-0.4, -0.2) is 24.1 Å². The van der Waals surface area contributed by atoms with Gasteiger partial charge in [0.2, 0.25) is 10.0 Å². The highest BCUT2D eigenvalue weighted by atomic mass is 32.2. The van der Waals surface area contributed by atoms with Crippen LogP contribution in [0.1, 0.15) is 32.9 Å². The molecule has 0 unspecified atom stereocenters. The van der Waals surface area contributed by atoms with E-state index in [0.29, 0.717) is 16.9 Å². The number of anilines is 1. The highest BCUT2D eigenvalue weighted by molar-refractivity contribution is 7.89. The van der Waals surface area contributed by atoms with Crippen molar-refractivity contribution in [1.82, 2.24) is 14.5 Å². The summed E-state index contributed by atoms with van der Waals surface area (Å²) >= 11 is 0. The van der Waals surface area contributed by atoms with Crippen molar-refractivity contribution in [2.24, 2.45) is 0 Å². The fourth-order valence-electron chi connectivity index (χ4n) is 3.71. The third kappa shape index (κ3) is 4.93. The second-order valence-electron chi connectivity index (χ2n) is 8.04. The molecule has 0 aliphatic carbocycles. The lowest BCUT2D eigenvalue weighted by Crippen LogP contribution is -2.24. The van der Waals surface area contributed by atoms with E-state index in [-0.39, 0.29) is 17.0 Å². The van der Waals surface area contributed by atoms with Crippen LogP contribution in [0.2, 0.25) is 0 Å². The minimum absolute atomic E-state index is 0.0736. The summed E-state index contributed by atoms with van der Waals surface area (Å²) in [7, 11) is -3.81. The first kappa shape index (κ1) is 23.4. The van der Waals surface area contributed by atoms with Crippen LogP contribution >= 0.6 is 0 Å². The van der Waals surface area contributed by atoms with Crippen molar-refractivity contribution in [1.29, 1.82) is 0 Å². The second-order valence-corrected chi connectivity index (χ2v) is 9.77. The van der Waals surface area contributed by atoms with Crippen LogP contribution in [0.5, 0.6) is 0 Å². The Morgan fingerprint density at radius 2 is 1.56 bits per heavy atom. The summed E-state index contributed by atoms with van der Waals surface area (Å²) in [6, 6.07) is 23.6. The smallest absolute Gasteiger partial charge is 0.255 e. The molecule has 0 spiro atoms. The van der Waals surface area contributed by atoms with Gasteiger partial charge in [-0.15, -0.1) is 0 Å². The predicted octanol–water partition coefficient (Wildman–Crippen LogP) is 4.53. The van der Waals surface area contributed by atoms with Crippen molar-refractivity contribution >= 4 is 21.6 Å². The van der Waals surface area contributed by atoms with Gasteiger partial charge in [-0.1, -0.05) is 54.6 Å². The van der Waals surface area contributed by atoms with Crippen molar-refractivity contribution in [3.05, 3.63) is 107 Å². The molecule has 1 amide bonds. The van der Waals surface area contributed by atoms with Crippen LogP contribution in [0.3, 0.4) is 0 Å². The Morgan fingerprint density at radius 1 is 0.912 bits per heavy atom. The van der Waals surface area contributed by atoms with Gasteiger partial charge in [-0.2, -0.15) is 5.10 Å². The Bertz CT molecular complexity index is 1430. The number of rotatable bonds is 7. The molecule has 7 nitrogen and oxygen atoms in total. The molecule has 1 heterocycles. The van der Waals surface area contributed by atoms with Gasteiger partial charge in [0, 0.05) is 12.1 Å². The highest BCUT2D eigenvalue weighted by Gasteiger charge is 2.21. The first-order valence-electron chi connectivity index (χ1n) is 10.8. The standard InChI is InChI=1S/C26H26N4O3S/c1-18-14-15-22(16-24(18)34(32,33)27-17-21-10-6-4-7-11-21)26(31)28-25-19(2)29-30(20(25)3)23-12-8-5-9-13-23/h4-16,27H,17H2,1-3H3,(H,28,31). The minimum Gasteiger partial charge on any atom is -0.319 e. The lowest BCUT2D eigenvalue weighted by atomic mass is 10.1. The molecule has 4 aromatic rings. The maximum Gasteiger partial charge on any atom is 0.255 e. The molecule has 4 rings (SSSR count). The average molecular weight is 475 g/mol. The Morgan fingerprint density at radius 3 is 2.24 bits per heavy atom. The van der Waals surface area contributed by atoms with E-state index in [4.69, 9.17) is 0 Å². The molecule has 2 N–H and O–H groups in total. The Labute approximate surface area is 199 Å². The number of hydrogen-bond donors (Lipinski definition) is 2. The molecule has 0 saturated carbocycles. The van der Waals surface area contributed by atoms with Gasteiger partial charge in [0.05, 0.1) is 27.7 Å². The summed E-state index contributed by atoms with van der Waals surface area (Å²) in [6.45, 7) is 5.56. The number of hydrogen-bond acceptors (Lipinski definition) is 4. The van der Waals surface area contributed by atoms with Crippen molar-refractivity contribution in [2.45, 2.75) is 32.2 Å². The van der Waals surface area contributed by atoms with Crippen LogP contribution < -0.4 is 10.0 Å². The van der Waals surface area contributed by atoms with Gasteiger partial charge >= 0.3 is 0 Å². The molecule has 0 aliphatic rings. The summed E-state index contributed by atoms with van der Waals surface area (Å²) in [5.74, 6) is -0.404. The van der Waals surface area contributed by atoms with Crippen molar-refractivity contribution in [2.75, 3.05) is 5.32 Å². The maximum absolute atomic E-state index is 13.1. The van der Waals surface area contributed by atoms with E-state index in [2.05, 4.69) is 15.1 Å². The maximum atomic E-state index is 13.1. The van der Waals surface area contributed by atoms with Gasteiger partial charge < -0.3 is 5.32 Å².